The Morgan fingerprint density at radius 3 is 2.35 bits per heavy atom. The van der Waals surface area contributed by atoms with Crippen LogP contribution in [0.5, 0.6) is 0 Å². The molecule has 7 nitrogen and oxygen atoms in total. The van der Waals surface area contributed by atoms with Gasteiger partial charge in [-0.3, -0.25) is 9.59 Å². The number of aliphatic hydroxyl groups is 1. The van der Waals surface area contributed by atoms with Crippen LogP contribution in [0.4, 0.5) is 0 Å². The lowest BCUT2D eigenvalue weighted by Crippen LogP contribution is -2.44. The topological polar surface area (TPSA) is 121 Å². The first-order valence-electron chi connectivity index (χ1n) is 6.02. The Morgan fingerprint density at radius 1 is 1.20 bits per heavy atom. The van der Waals surface area contributed by atoms with Gasteiger partial charge >= 0.3 is 5.97 Å². The Kier molecular flexibility index (Phi) is 3.71. The van der Waals surface area contributed by atoms with Crippen molar-refractivity contribution in [2.24, 2.45) is 5.73 Å². The van der Waals surface area contributed by atoms with Crippen LogP contribution in [0.25, 0.3) is 0 Å². The number of carboxylic acid groups (broad SMARTS) is 1. The van der Waals surface area contributed by atoms with Crippen molar-refractivity contribution in [1.29, 1.82) is 0 Å². The van der Waals surface area contributed by atoms with Crippen molar-refractivity contribution >= 4 is 17.8 Å². The van der Waals surface area contributed by atoms with Crippen LogP contribution in [-0.4, -0.2) is 51.6 Å². The average molecular weight is 278 g/mol. The number of carbonyl (C=O) groups is 3. The fourth-order valence-corrected chi connectivity index (χ4v) is 2.32. The van der Waals surface area contributed by atoms with Crippen LogP contribution in [0.15, 0.2) is 24.3 Å². The second-order valence-corrected chi connectivity index (χ2v) is 4.62. The molecule has 0 aromatic heterocycles. The molecule has 2 amide bonds. The zero-order chi connectivity index (χ0) is 14.9. The van der Waals surface area contributed by atoms with Crippen molar-refractivity contribution in [3.8, 4) is 0 Å². The summed E-state index contributed by atoms with van der Waals surface area (Å²) in [5.74, 6) is -2.57. The maximum Gasteiger partial charge on any atom is 0.336 e. The average Bonchev–Trinajstić information content (AvgIpc) is 2.80. The summed E-state index contributed by atoms with van der Waals surface area (Å²) < 4.78 is 0. The standard InChI is InChI=1S/C13H14N2O5/c14-11(17)10-5-7(16)6-15(10)12(18)8-3-1-2-4-9(8)13(19)20/h1-4,7,10,16H,5-6H2,(H2,14,17)(H,19,20). The molecule has 1 aromatic rings. The van der Waals surface area contributed by atoms with Crippen molar-refractivity contribution < 1.29 is 24.6 Å². The van der Waals surface area contributed by atoms with Crippen LogP contribution < -0.4 is 5.73 Å². The van der Waals surface area contributed by atoms with E-state index in [0.29, 0.717) is 0 Å². The number of nitrogens with zero attached hydrogens (tertiary/aromatic N) is 1. The smallest absolute Gasteiger partial charge is 0.336 e. The summed E-state index contributed by atoms with van der Waals surface area (Å²) in [6.45, 7) is -0.0413. The first-order chi connectivity index (χ1) is 9.41. The summed E-state index contributed by atoms with van der Waals surface area (Å²) >= 11 is 0. The molecule has 4 N–H and O–H groups in total. The molecule has 1 aliphatic rings. The van der Waals surface area contributed by atoms with E-state index in [1.807, 2.05) is 0 Å². The molecular formula is C13H14N2O5. The lowest BCUT2D eigenvalue weighted by atomic mass is 10.1. The summed E-state index contributed by atoms with van der Waals surface area (Å²) in [6, 6.07) is 4.80. The normalized spacial score (nSPS) is 21.8. The quantitative estimate of drug-likeness (QED) is 0.684. The van der Waals surface area contributed by atoms with Crippen LogP contribution >= 0.6 is 0 Å². The maximum absolute atomic E-state index is 12.4. The van der Waals surface area contributed by atoms with Gasteiger partial charge in [-0.25, -0.2) is 4.79 Å². The van der Waals surface area contributed by atoms with Gasteiger partial charge in [-0.15, -0.1) is 0 Å². The fourth-order valence-electron chi connectivity index (χ4n) is 2.32. The number of carbonyl (C=O) groups excluding carboxylic acids is 2. The van der Waals surface area contributed by atoms with Crippen LogP contribution in [0.3, 0.4) is 0 Å². The number of hydrogen-bond donors (Lipinski definition) is 3. The molecule has 1 aromatic carbocycles. The van der Waals surface area contributed by atoms with E-state index in [0.717, 1.165) is 4.90 Å². The minimum Gasteiger partial charge on any atom is -0.478 e. The molecule has 0 radical (unpaired) electrons. The summed E-state index contributed by atoms with van der Waals surface area (Å²) in [7, 11) is 0. The van der Waals surface area contributed by atoms with Gasteiger partial charge in [0.15, 0.2) is 0 Å². The molecule has 106 valence electrons. The minimum atomic E-state index is -1.23. The first kappa shape index (κ1) is 14.0. The Hall–Kier alpha value is -2.41. The molecule has 1 saturated heterocycles. The van der Waals surface area contributed by atoms with Crippen LogP contribution in [-0.2, 0) is 4.79 Å². The number of aromatic carboxylic acids is 1. The second kappa shape index (κ2) is 5.30. The van der Waals surface area contributed by atoms with Crippen molar-refractivity contribution in [2.45, 2.75) is 18.6 Å². The third-order valence-corrected chi connectivity index (χ3v) is 3.26. The Bertz CT molecular complexity index is 572. The van der Waals surface area contributed by atoms with E-state index in [-0.39, 0.29) is 24.1 Å². The van der Waals surface area contributed by atoms with E-state index < -0.39 is 29.9 Å². The molecule has 0 saturated carbocycles. The van der Waals surface area contributed by atoms with Crippen molar-refractivity contribution in [2.75, 3.05) is 6.54 Å². The molecule has 2 rings (SSSR count). The molecule has 7 heteroatoms. The van der Waals surface area contributed by atoms with Gasteiger partial charge in [-0.05, 0) is 12.1 Å². The lowest BCUT2D eigenvalue weighted by Gasteiger charge is -2.22. The molecule has 20 heavy (non-hydrogen) atoms. The molecule has 1 aliphatic heterocycles. The predicted octanol–water partition coefficient (Wildman–Crippen LogP) is -0.554. The summed E-state index contributed by atoms with van der Waals surface area (Å²) in [6.07, 6.45) is -0.774. The Balaban J connectivity index is 2.36. The fraction of sp³-hybridized carbons (Fsp3) is 0.308. The van der Waals surface area contributed by atoms with E-state index in [1.165, 1.54) is 24.3 Å². The molecular weight excluding hydrogens is 264 g/mol. The van der Waals surface area contributed by atoms with Gasteiger partial charge in [0.05, 0.1) is 17.2 Å². The molecule has 1 fully saturated rings. The number of primary amides is 1. The number of rotatable bonds is 3. The number of aliphatic hydroxyl groups excluding tert-OH is 1. The minimum absolute atomic E-state index is 0.0275. The maximum atomic E-state index is 12.4. The Labute approximate surface area is 114 Å². The molecule has 2 unspecified atom stereocenters. The van der Waals surface area contributed by atoms with E-state index in [2.05, 4.69) is 0 Å². The van der Waals surface area contributed by atoms with E-state index in [9.17, 15) is 19.5 Å². The highest BCUT2D eigenvalue weighted by Crippen LogP contribution is 2.22. The van der Waals surface area contributed by atoms with Crippen LogP contribution in [0, 0.1) is 0 Å². The lowest BCUT2D eigenvalue weighted by molar-refractivity contribution is -0.121. The number of carboxylic acids is 1. The predicted molar refractivity (Wildman–Crippen MR) is 68.0 cm³/mol. The monoisotopic (exact) mass is 278 g/mol. The largest absolute Gasteiger partial charge is 0.478 e. The van der Waals surface area contributed by atoms with Gasteiger partial charge in [-0.2, -0.15) is 0 Å². The molecule has 1 heterocycles. The molecule has 0 aliphatic carbocycles. The Morgan fingerprint density at radius 2 is 1.80 bits per heavy atom. The SMILES string of the molecule is NC(=O)C1CC(O)CN1C(=O)c1ccccc1C(=O)O. The number of likely N-dealkylation sites (tertiary alicyclic amines) is 1. The molecule has 0 bridgehead atoms. The number of nitrogens with two attached hydrogens (primary N) is 1. The number of benzene rings is 1. The third-order valence-electron chi connectivity index (χ3n) is 3.26. The summed E-state index contributed by atoms with van der Waals surface area (Å²) in [5, 5.41) is 18.6. The zero-order valence-electron chi connectivity index (χ0n) is 10.5. The molecule has 0 spiro atoms. The van der Waals surface area contributed by atoms with Crippen molar-refractivity contribution in [3.63, 3.8) is 0 Å². The van der Waals surface area contributed by atoms with E-state index in [4.69, 9.17) is 10.8 Å². The second-order valence-electron chi connectivity index (χ2n) is 4.62. The van der Waals surface area contributed by atoms with Gasteiger partial charge < -0.3 is 20.8 Å². The highest BCUT2D eigenvalue weighted by Gasteiger charge is 2.38. The number of β-amino-alcohol motifs (C(OH)–C–C–N with tert-alkyl or cyclic N) is 1. The number of hydrogen-bond acceptors (Lipinski definition) is 4. The third kappa shape index (κ3) is 2.48. The highest BCUT2D eigenvalue weighted by molar-refractivity contribution is 6.06. The number of amides is 2. The van der Waals surface area contributed by atoms with Gasteiger partial charge in [0.1, 0.15) is 6.04 Å². The van der Waals surface area contributed by atoms with Crippen molar-refractivity contribution in [1.82, 2.24) is 4.90 Å². The van der Waals surface area contributed by atoms with Gasteiger partial charge in [-0.1, -0.05) is 12.1 Å². The van der Waals surface area contributed by atoms with Gasteiger partial charge in [0.25, 0.3) is 5.91 Å². The van der Waals surface area contributed by atoms with Crippen molar-refractivity contribution in [3.05, 3.63) is 35.4 Å². The summed E-state index contributed by atoms with van der Waals surface area (Å²) in [5.41, 5.74) is 5.03. The highest BCUT2D eigenvalue weighted by atomic mass is 16.4. The van der Waals surface area contributed by atoms with E-state index >= 15 is 0 Å². The van der Waals surface area contributed by atoms with Gasteiger partial charge in [0, 0.05) is 13.0 Å². The van der Waals surface area contributed by atoms with E-state index in [1.54, 1.807) is 0 Å². The molecule has 2 atom stereocenters. The summed E-state index contributed by atoms with van der Waals surface area (Å²) in [4.78, 5) is 35.9. The van der Waals surface area contributed by atoms with Crippen LogP contribution in [0.2, 0.25) is 0 Å². The first-order valence-corrected chi connectivity index (χ1v) is 6.02. The zero-order valence-corrected chi connectivity index (χ0v) is 10.5. The van der Waals surface area contributed by atoms with Gasteiger partial charge in [0.2, 0.25) is 5.91 Å². The van der Waals surface area contributed by atoms with Crippen LogP contribution in [0.1, 0.15) is 27.1 Å².